The van der Waals surface area contributed by atoms with Gasteiger partial charge in [0.2, 0.25) is 0 Å². The van der Waals surface area contributed by atoms with Crippen molar-refractivity contribution in [2.45, 2.75) is 58.4 Å². The third-order valence-electron chi connectivity index (χ3n) is 3.74. The Hall–Kier alpha value is -0.170. The highest BCUT2D eigenvalue weighted by atomic mass is 32.2. The van der Waals surface area contributed by atoms with E-state index >= 15 is 0 Å². The van der Waals surface area contributed by atoms with Crippen LogP contribution in [0.15, 0.2) is 0 Å². The van der Waals surface area contributed by atoms with Gasteiger partial charge in [-0.05, 0) is 25.8 Å². The molecule has 1 heterocycles. The van der Waals surface area contributed by atoms with E-state index in [0.717, 1.165) is 38.6 Å². The summed E-state index contributed by atoms with van der Waals surface area (Å²) in [5.41, 5.74) is 0. The lowest BCUT2D eigenvalue weighted by molar-refractivity contribution is 0.328. The first-order chi connectivity index (χ1) is 9.44. The van der Waals surface area contributed by atoms with Gasteiger partial charge in [0.25, 0.3) is 10.2 Å². The quantitative estimate of drug-likeness (QED) is 0.730. The molecule has 120 valence electrons. The maximum absolute atomic E-state index is 12.5. The van der Waals surface area contributed by atoms with Gasteiger partial charge in [0.1, 0.15) is 0 Å². The molecular formula is C14H31N3O2S. The second-order valence-electron chi connectivity index (χ2n) is 5.96. The first kappa shape index (κ1) is 17.9. The molecule has 5 nitrogen and oxygen atoms in total. The van der Waals surface area contributed by atoms with Crippen molar-refractivity contribution >= 4 is 10.2 Å². The molecule has 0 atom stereocenters. The van der Waals surface area contributed by atoms with Gasteiger partial charge >= 0.3 is 0 Å². The minimum atomic E-state index is -3.26. The minimum Gasteiger partial charge on any atom is -0.314 e. The van der Waals surface area contributed by atoms with E-state index < -0.39 is 10.2 Å². The van der Waals surface area contributed by atoms with Crippen molar-refractivity contribution in [2.75, 3.05) is 33.2 Å². The summed E-state index contributed by atoms with van der Waals surface area (Å²) < 4.78 is 28.2. The third-order valence-corrected chi connectivity index (χ3v) is 5.73. The van der Waals surface area contributed by atoms with Crippen LogP contribution in [0.2, 0.25) is 0 Å². The molecule has 1 aliphatic heterocycles. The van der Waals surface area contributed by atoms with Gasteiger partial charge in [0, 0.05) is 32.7 Å². The molecule has 1 rings (SSSR count). The first-order valence-corrected chi connectivity index (χ1v) is 9.29. The summed E-state index contributed by atoms with van der Waals surface area (Å²) in [6.07, 6.45) is 6.36. The molecule has 0 unspecified atom stereocenters. The summed E-state index contributed by atoms with van der Waals surface area (Å²) >= 11 is 0. The fourth-order valence-corrected chi connectivity index (χ4v) is 3.93. The predicted molar refractivity (Wildman–Crippen MR) is 84.0 cm³/mol. The second kappa shape index (κ2) is 8.97. The Kier molecular flexibility index (Phi) is 8.02. The number of nitrogens with one attached hydrogen (secondary N) is 1. The van der Waals surface area contributed by atoms with Crippen LogP contribution in [-0.4, -0.2) is 56.3 Å². The predicted octanol–water partition coefficient (Wildman–Crippen LogP) is 1.82. The van der Waals surface area contributed by atoms with Gasteiger partial charge in [0.15, 0.2) is 0 Å². The maximum atomic E-state index is 12.5. The molecule has 0 aromatic heterocycles. The standard InChI is InChI=1S/C14H31N3O2S/c1-14(2)15-10-9-11-16(3)20(18,19)17-12-7-5-4-6-8-13-17/h14-15H,4-13H2,1-3H3. The highest BCUT2D eigenvalue weighted by molar-refractivity contribution is 7.86. The molecule has 0 amide bonds. The molecule has 0 aromatic carbocycles. The van der Waals surface area contributed by atoms with Crippen molar-refractivity contribution in [2.24, 2.45) is 0 Å². The molecule has 0 bridgehead atoms. The molecule has 0 aliphatic carbocycles. The van der Waals surface area contributed by atoms with Crippen LogP contribution in [0, 0.1) is 0 Å². The van der Waals surface area contributed by atoms with Crippen molar-refractivity contribution in [1.82, 2.24) is 13.9 Å². The van der Waals surface area contributed by atoms with Crippen molar-refractivity contribution in [3.63, 3.8) is 0 Å². The van der Waals surface area contributed by atoms with Crippen molar-refractivity contribution in [3.05, 3.63) is 0 Å². The molecule has 1 aliphatic rings. The Balaban J connectivity index is 2.43. The molecule has 6 heteroatoms. The highest BCUT2D eigenvalue weighted by Gasteiger charge is 2.26. The average molecular weight is 305 g/mol. The SMILES string of the molecule is CC(C)NCCCN(C)S(=O)(=O)N1CCCCCCC1. The number of rotatable bonds is 7. The van der Waals surface area contributed by atoms with Crippen molar-refractivity contribution in [1.29, 1.82) is 0 Å². The van der Waals surface area contributed by atoms with E-state index in [9.17, 15) is 8.42 Å². The zero-order valence-electron chi connectivity index (χ0n) is 13.3. The molecule has 0 aromatic rings. The van der Waals surface area contributed by atoms with E-state index in [-0.39, 0.29) is 0 Å². The summed E-state index contributed by atoms with van der Waals surface area (Å²) in [6.45, 7) is 6.99. The monoisotopic (exact) mass is 305 g/mol. The van der Waals surface area contributed by atoms with E-state index in [1.165, 1.54) is 10.7 Å². The Bertz CT molecular complexity index is 349. The summed E-state index contributed by atoms with van der Waals surface area (Å²) in [7, 11) is -1.57. The molecular weight excluding hydrogens is 274 g/mol. The Morgan fingerprint density at radius 1 is 1.10 bits per heavy atom. The number of nitrogens with zero attached hydrogens (tertiary/aromatic N) is 2. The fraction of sp³-hybridized carbons (Fsp3) is 1.00. The molecule has 20 heavy (non-hydrogen) atoms. The molecule has 1 N–H and O–H groups in total. The van der Waals surface area contributed by atoms with Crippen LogP contribution < -0.4 is 5.32 Å². The molecule has 0 radical (unpaired) electrons. The van der Waals surface area contributed by atoms with Crippen LogP contribution in [0.3, 0.4) is 0 Å². The lowest BCUT2D eigenvalue weighted by Crippen LogP contribution is -2.44. The van der Waals surface area contributed by atoms with Gasteiger partial charge in [-0.1, -0.05) is 33.1 Å². The van der Waals surface area contributed by atoms with Crippen molar-refractivity contribution < 1.29 is 8.42 Å². The van der Waals surface area contributed by atoms with E-state index in [1.54, 1.807) is 11.4 Å². The van der Waals surface area contributed by atoms with Crippen LogP contribution >= 0.6 is 0 Å². The summed E-state index contributed by atoms with van der Waals surface area (Å²) in [6, 6.07) is 0.450. The molecule has 0 saturated carbocycles. The number of hydrogen-bond acceptors (Lipinski definition) is 3. The van der Waals surface area contributed by atoms with Gasteiger partial charge < -0.3 is 5.32 Å². The normalized spacial score (nSPS) is 19.2. The van der Waals surface area contributed by atoms with Gasteiger partial charge in [-0.25, -0.2) is 0 Å². The van der Waals surface area contributed by atoms with E-state index in [2.05, 4.69) is 19.2 Å². The van der Waals surface area contributed by atoms with E-state index in [4.69, 9.17) is 0 Å². The van der Waals surface area contributed by atoms with Crippen LogP contribution in [0.1, 0.15) is 52.4 Å². The third kappa shape index (κ3) is 6.08. The maximum Gasteiger partial charge on any atom is 0.281 e. The summed E-state index contributed by atoms with van der Waals surface area (Å²) in [5.74, 6) is 0. The molecule has 1 fully saturated rings. The molecule has 0 spiro atoms. The Morgan fingerprint density at radius 2 is 1.65 bits per heavy atom. The smallest absolute Gasteiger partial charge is 0.281 e. The van der Waals surface area contributed by atoms with Gasteiger partial charge in [-0.2, -0.15) is 17.0 Å². The lowest BCUT2D eigenvalue weighted by Gasteiger charge is -2.28. The largest absolute Gasteiger partial charge is 0.314 e. The van der Waals surface area contributed by atoms with E-state index in [1.807, 2.05) is 0 Å². The van der Waals surface area contributed by atoms with Crippen molar-refractivity contribution in [3.8, 4) is 0 Å². The average Bonchev–Trinajstić information content (AvgIpc) is 2.33. The zero-order valence-corrected chi connectivity index (χ0v) is 14.1. The van der Waals surface area contributed by atoms with Crippen LogP contribution in [-0.2, 0) is 10.2 Å². The second-order valence-corrected chi connectivity index (χ2v) is 7.99. The number of hydrogen-bond donors (Lipinski definition) is 1. The Morgan fingerprint density at radius 3 is 2.20 bits per heavy atom. The van der Waals surface area contributed by atoms with Gasteiger partial charge in [-0.15, -0.1) is 0 Å². The van der Waals surface area contributed by atoms with Gasteiger partial charge in [-0.3, -0.25) is 0 Å². The summed E-state index contributed by atoms with van der Waals surface area (Å²) in [5, 5.41) is 3.31. The minimum absolute atomic E-state index is 0.450. The van der Waals surface area contributed by atoms with Crippen LogP contribution in [0.4, 0.5) is 0 Å². The highest BCUT2D eigenvalue weighted by Crippen LogP contribution is 2.15. The topological polar surface area (TPSA) is 52.7 Å². The Labute approximate surface area is 124 Å². The fourth-order valence-electron chi connectivity index (χ4n) is 2.45. The van der Waals surface area contributed by atoms with Crippen LogP contribution in [0.25, 0.3) is 0 Å². The lowest BCUT2D eigenvalue weighted by atomic mass is 10.1. The van der Waals surface area contributed by atoms with Gasteiger partial charge in [0.05, 0.1) is 0 Å². The summed E-state index contributed by atoms with van der Waals surface area (Å²) in [4.78, 5) is 0. The van der Waals surface area contributed by atoms with E-state index in [0.29, 0.717) is 25.7 Å². The first-order valence-electron chi connectivity index (χ1n) is 7.89. The van der Waals surface area contributed by atoms with Crippen LogP contribution in [0.5, 0.6) is 0 Å². The zero-order chi connectivity index (χ0) is 15.0. The molecule has 1 saturated heterocycles.